The van der Waals surface area contributed by atoms with Gasteiger partial charge in [0.25, 0.3) is 0 Å². The largest absolute Gasteiger partial charge is 0.472 e. The molecule has 0 saturated carbocycles. The molecule has 0 amide bonds. The molecule has 0 spiro atoms. The lowest BCUT2D eigenvalue weighted by atomic mass is 10.0. The van der Waals surface area contributed by atoms with Crippen molar-refractivity contribution in [1.29, 1.82) is 0 Å². The van der Waals surface area contributed by atoms with Crippen LogP contribution in [-0.4, -0.2) is 96.7 Å². The maximum absolute atomic E-state index is 12.9. The second kappa shape index (κ2) is 55.3. The van der Waals surface area contributed by atoms with E-state index in [1.807, 2.05) is 0 Å². The van der Waals surface area contributed by atoms with Gasteiger partial charge in [-0.05, 0) is 25.7 Å². The van der Waals surface area contributed by atoms with E-state index in [9.17, 15) is 43.2 Å². The molecule has 0 bridgehead atoms. The highest BCUT2D eigenvalue weighted by molar-refractivity contribution is 7.47. The van der Waals surface area contributed by atoms with Crippen LogP contribution in [0.1, 0.15) is 304 Å². The first-order valence-electron chi connectivity index (χ1n) is 31.8. The van der Waals surface area contributed by atoms with E-state index >= 15 is 0 Å². The zero-order valence-corrected chi connectivity index (χ0v) is 52.1. The second-order valence-electron chi connectivity index (χ2n) is 21.7. The van der Waals surface area contributed by atoms with E-state index in [2.05, 4.69) is 27.7 Å². The lowest BCUT2D eigenvalue weighted by Crippen LogP contribution is -2.30. The molecule has 0 aliphatic carbocycles. The number of carbonyl (C=O) groups excluding carboxylic acids is 4. The van der Waals surface area contributed by atoms with Gasteiger partial charge in [-0.2, -0.15) is 0 Å². The zero-order chi connectivity index (χ0) is 58.3. The molecule has 0 heterocycles. The Balaban J connectivity index is 5.15. The fourth-order valence-corrected chi connectivity index (χ4v) is 10.5. The smallest absolute Gasteiger partial charge is 0.462 e. The van der Waals surface area contributed by atoms with Crippen molar-refractivity contribution >= 4 is 39.5 Å². The van der Waals surface area contributed by atoms with Gasteiger partial charge in [0.05, 0.1) is 26.4 Å². The fourth-order valence-electron chi connectivity index (χ4n) is 8.93. The van der Waals surface area contributed by atoms with Gasteiger partial charge in [0, 0.05) is 25.7 Å². The summed E-state index contributed by atoms with van der Waals surface area (Å²) in [7, 11) is -9.86. The Hall–Kier alpha value is -1.94. The first-order valence-corrected chi connectivity index (χ1v) is 34.8. The maximum atomic E-state index is 12.9. The van der Waals surface area contributed by atoms with Crippen molar-refractivity contribution in [3.63, 3.8) is 0 Å². The number of rotatable bonds is 61. The van der Waals surface area contributed by atoms with Crippen molar-refractivity contribution in [3.05, 3.63) is 0 Å². The predicted octanol–water partition coefficient (Wildman–Crippen LogP) is 16.4. The summed E-state index contributed by atoms with van der Waals surface area (Å²) in [6, 6.07) is 0. The summed E-state index contributed by atoms with van der Waals surface area (Å²) in [5.41, 5.74) is 0. The minimum Gasteiger partial charge on any atom is -0.462 e. The minimum absolute atomic E-state index is 0.103. The van der Waals surface area contributed by atoms with Gasteiger partial charge in [-0.15, -0.1) is 0 Å². The molecular formula is C60H116O17P2. The Morgan fingerprint density at radius 3 is 0.747 bits per heavy atom. The van der Waals surface area contributed by atoms with E-state index in [4.69, 9.17) is 37.0 Å². The van der Waals surface area contributed by atoms with Crippen molar-refractivity contribution in [1.82, 2.24) is 0 Å². The van der Waals surface area contributed by atoms with Gasteiger partial charge in [0.15, 0.2) is 12.2 Å². The van der Waals surface area contributed by atoms with Gasteiger partial charge < -0.3 is 33.8 Å². The molecule has 0 aliphatic heterocycles. The zero-order valence-electron chi connectivity index (χ0n) is 50.3. The summed E-state index contributed by atoms with van der Waals surface area (Å²) in [4.78, 5) is 71.7. The molecule has 19 heteroatoms. The summed E-state index contributed by atoms with van der Waals surface area (Å²) in [6.45, 7) is 4.74. The molecule has 0 fully saturated rings. The number of hydrogen-bond donors (Lipinski definition) is 3. The number of aliphatic hydroxyl groups excluding tert-OH is 1. The first kappa shape index (κ1) is 77.1. The van der Waals surface area contributed by atoms with Gasteiger partial charge in [0.2, 0.25) is 0 Å². The Morgan fingerprint density at radius 1 is 0.304 bits per heavy atom. The van der Waals surface area contributed by atoms with E-state index in [1.54, 1.807) is 0 Å². The highest BCUT2D eigenvalue weighted by Gasteiger charge is 2.30. The Kier molecular flexibility index (Phi) is 53.9. The summed E-state index contributed by atoms with van der Waals surface area (Å²) < 4.78 is 67.5. The standard InChI is InChI=1S/C60H116O17P2/c1-5-9-13-17-20-22-24-26-28-30-32-35-39-43-47-60(65)77-56(51-71-58(63)45-41-37-34-31-29-27-25-23-21-18-14-10-6-2)53-75-79(68,69)73-49-54(61)48-72-78(66,67)74-52-55(50-70-57(62)44-40-36-16-12-8-4)76-59(64)46-42-38-33-19-15-11-7-3/h54-56,61H,5-53H2,1-4H3,(H,66,67)(H,68,69)/t54-,55+,56+/m0/s1. The van der Waals surface area contributed by atoms with Gasteiger partial charge in [0.1, 0.15) is 19.3 Å². The van der Waals surface area contributed by atoms with Crippen molar-refractivity contribution in [2.24, 2.45) is 0 Å². The number of phosphoric acid groups is 2. The lowest BCUT2D eigenvalue weighted by molar-refractivity contribution is -0.161. The third-order valence-corrected chi connectivity index (χ3v) is 15.8. The van der Waals surface area contributed by atoms with Crippen LogP contribution in [0.25, 0.3) is 0 Å². The molecule has 0 rings (SSSR count). The SMILES string of the molecule is CCCCCCCCCCCCCCCCC(=O)O[C@H](COC(=O)CCCCCCCCCCCCCCC)COP(=O)(O)OC[C@@H](O)COP(=O)(O)OC[C@@H](COC(=O)CCCCCCC)OC(=O)CCCCCCCCC. The van der Waals surface area contributed by atoms with Crippen LogP contribution in [0.2, 0.25) is 0 Å². The Labute approximate surface area is 479 Å². The molecule has 17 nitrogen and oxygen atoms in total. The van der Waals surface area contributed by atoms with Crippen LogP contribution in [0, 0.1) is 0 Å². The van der Waals surface area contributed by atoms with Crippen molar-refractivity contribution in [2.45, 2.75) is 322 Å². The molecule has 0 aromatic carbocycles. The van der Waals surface area contributed by atoms with Crippen LogP contribution >= 0.6 is 15.6 Å². The number of ether oxygens (including phenoxy) is 4. The topological polar surface area (TPSA) is 237 Å². The highest BCUT2D eigenvalue weighted by atomic mass is 31.2. The van der Waals surface area contributed by atoms with Crippen LogP contribution in [0.5, 0.6) is 0 Å². The van der Waals surface area contributed by atoms with E-state index < -0.39 is 97.5 Å². The molecule has 0 aromatic heterocycles. The summed E-state index contributed by atoms with van der Waals surface area (Å²) >= 11 is 0. The van der Waals surface area contributed by atoms with E-state index in [-0.39, 0.29) is 25.7 Å². The van der Waals surface area contributed by atoms with Crippen LogP contribution < -0.4 is 0 Å². The summed E-state index contributed by atoms with van der Waals surface area (Å²) in [5.74, 6) is -2.15. The van der Waals surface area contributed by atoms with Gasteiger partial charge >= 0.3 is 39.5 Å². The van der Waals surface area contributed by atoms with Crippen LogP contribution in [-0.2, 0) is 65.4 Å². The number of phosphoric ester groups is 2. The molecule has 79 heavy (non-hydrogen) atoms. The van der Waals surface area contributed by atoms with Crippen LogP contribution in [0.3, 0.4) is 0 Å². The first-order chi connectivity index (χ1) is 38.2. The Bertz CT molecular complexity index is 1540. The van der Waals surface area contributed by atoms with Crippen molar-refractivity contribution in [3.8, 4) is 0 Å². The maximum Gasteiger partial charge on any atom is 0.472 e. The fraction of sp³-hybridized carbons (Fsp3) is 0.933. The van der Waals surface area contributed by atoms with Crippen molar-refractivity contribution < 1.29 is 80.2 Å². The third-order valence-electron chi connectivity index (χ3n) is 13.9. The quantitative estimate of drug-likeness (QED) is 0.0222. The molecule has 5 atom stereocenters. The second-order valence-corrected chi connectivity index (χ2v) is 24.6. The number of esters is 4. The monoisotopic (exact) mass is 1170 g/mol. The molecule has 0 radical (unpaired) electrons. The number of carbonyl (C=O) groups is 4. The molecule has 468 valence electrons. The minimum atomic E-state index is -4.94. The van der Waals surface area contributed by atoms with Gasteiger partial charge in [-0.1, -0.05) is 252 Å². The molecule has 0 aromatic rings. The molecule has 0 saturated heterocycles. The lowest BCUT2D eigenvalue weighted by Gasteiger charge is -2.21. The Morgan fingerprint density at radius 2 is 0.506 bits per heavy atom. The average Bonchev–Trinajstić information content (AvgIpc) is 3.42. The van der Waals surface area contributed by atoms with Gasteiger partial charge in [-0.25, -0.2) is 9.13 Å². The van der Waals surface area contributed by atoms with E-state index in [1.165, 1.54) is 116 Å². The molecule has 3 N–H and O–H groups in total. The third kappa shape index (κ3) is 55.0. The highest BCUT2D eigenvalue weighted by Crippen LogP contribution is 2.45. The normalized spacial score (nSPS) is 14.3. The number of unbranched alkanes of at least 4 members (excludes halogenated alkanes) is 35. The summed E-state index contributed by atoms with van der Waals surface area (Å²) in [6.07, 6.45) is 39.4. The molecule has 0 aliphatic rings. The average molecular weight is 1170 g/mol. The van der Waals surface area contributed by atoms with Gasteiger partial charge in [-0.3, -0.25) is 37.3 Å². The van der Waals surface area contributed by atoms with Crippen LogP contribution in [0.15, 0.2) is 0 Å². The van der Waals surface area contributed by atoms with E-state index in [0.717, 1.165) is 109 Å². The number of hydrogen-bond acceptors (Lipinski definition) is 15. The molecule has 2 unspecified atom stereocenters. The summed E-state index contributed by atoms with van der Waals surface area (Å²) in [5, 5.41) is 10.5. The van der Waals surface area contributed by atoms with Crippen molar-refractivity contribution in [2.75, 3.05) is 39.6 Å². The molecular weight excluding hydrogens is 1050 g/mol. The van der Waals surface area contributed by atoms with E-state index in [0.29, 0.717) is 25.7 Å². The number of aliphatic hydroxyl groups is 1. The van der Waals surface area contributed by atoms with Crippen LogP contribution in [0.4, 0.5) is 0 Å². The predicted molar refractivity (Wildman–Crippen MR) is 312 cm³/mol.